The molecule has 160 valence electrons. The number of carbonyl (C=O) groups excluding carboxylic acids is 1. The van der Waals surface area contributed by atoms with Gasteiger partial charge in [0.25, 0.3) is 5.91 Å². The van der Waals surface area contributed by atoms with Crippen molar-refractivity contribution < 1.29 is 19.2 Å². The fourth-order valence-electron chi connectivity index (χ4n) is 3.02. The third-order valence-electron chi connectivity index (χ3n) is 4.75. The van der Waals surface area contributed by atoms with Gasteiger partial charge in [-0.05, 0) is 36.8 Å². The summed E-state index contributed by atoms with van der Waals surface area (Å²) in [5.74, 6) is 1.36. The first-order valence-electron chi connectivity index (χ1n) is 10.3. The van der Waals surface area contributed by atoms with Crippen LogP contribution in [0.3, 0.4) is 0 Å². The molecule has 0 bridgehead atoms. The molecule has 2 aromatic carbocycles. The van der Waals surface area contributed by atoms with Gasteiger partial charge in [-0.2, -0.15) is 0 Å². The van der Waals surface area contributed by atoms with Gasteiger partial charge in [-0.1, -0.05) is 36.8 Å². The molecule has 7 heteroatoms. The zero-order valence-corrected chi connectivity index (χ0v) is 18.9. The van der Waals surface area contributed by atoms with Crippen molar-refractivity contribution in [2.75, 3.05) is 45.8 Å². The van der Waals surface area contributed by atoms with Gasteiger partial charge in [-0.3, -0.25) is 9.69 Å². The molecule has 3 rings (SSSR count). The number of methoxy groups -OCH3 is 1. The summed E-state index contributed by atoms with van der Waals surface area (Å²) in [6.07, 6.45) is 2.06. The van der Waals surface area contributed by atoms with E-state index < -0.39 is 0 Å². The monoisotopic (exact) mass is 428 g/mol. The quantitative estimate of drug-likeness (QED) is 0.504. The number of hydrogen-bond acceptors (Lipinski definition) is 5. The average molecular weight is 429 g/mol. The van der Waals surface area contributed by atoms with E-state index in [2.05, 4.69) is 21.0 Å². The Labute approximate surface area is 182 Å². The molecule has 1 heterocycles. The lowest BCUT2D eigenvalue weighted by Gasteiger charge is -2.21. The number of nitrogens with zero attached hydrogens (tertiary/aromatic N) is 2. The maximum Gasteiger partial charge on any atom is 0.260 e. The normalized spacial score (nSPS) is 11.1. The van der Waals surface area contributed by atoms with E-state index in [9.17, 15) is 4.79 Å². The summed E-state index contributed by atoms with van der Waals surface area (Å²) in [4.78, 5) is 21.3. The Morgan fingerprint density at radius 3 is 2.73 bits per heavy atom. The van der Waals surface area contributed by atoms with E-state index in [1.165, 1.54) is 16.2 Å². The van der Waals surface area contributed by atoms with E-state index in [0.29, 0.717) is 29.6 Å². The number of thiazole rings is 1. The fourth-order valence-corrected chi connectivity index (χ4v) is 4.03. The minimum absolute atomic E-state index is 0.0739. The Kier molecular flexibility index (Phi) is 7.65. The number of quaternary nitrogens is 1. The molecule has 0 spiro atoms. The number of ether oxygens (including phenoxy) is 2. The van der Waals surface area contributed by atoms with Crippen LogP contribution >= 0.6 is 11.3 Å². The van der Waals surface area contributed by atoms with Gasteiger partial charge in [0.1, 0.15) is 17.0 Å². The largest absolute Gasteiger partial charge is 0.494 e. The summed E-state index contributed by atoms with van der Waals surface area (Å²) in [5.41, 5.74) is 1.38. The van der Waals surface area contributed by atoms with Crippen LogP contribution in [0, 0.1) is 0 Å². The summed E-state index contributed by atoms with van der Waals surface area (Å²) < 4.78 is 12.2. The van der Waals surface area contributed by atoms with Crippen molar-refractivity contribution in [2.45, 2.75) is 19.8 Å². The molecule has 0 fully saturated rings. The fraction of sp³-hybridized carbons (Fsp3) is 0.391. The van der Waals surface area contributed by atoms with Crippen LogP contribution in [-0.4, -0.2) is 51.8 Å². The van der Waals surface area contributed by atoms with Crippen molar-refractivity contribution in [3.05, 3.63) is 48.0 Å². The number of hydrogen-bond donors (Lipinski definition) is 1. The molecule has 0 aliphatic heterocycles. The Morgan fingerprint density at radius 1 is 1.20 bits per heavy atom. The molecule has 1 amide bonds. The van der Waals surface area contributed by atoms with Gasteiger partial charge < -0.3 is 14.4 Å². The van der Waals surface area contributed by atoms with Crippen LogP contribution in [0.4, 0.5) is 5.13 Å². The lowest BCUT2D eigenvalue weighted by Crippen LogP contribution is -3.06. The molecule has 30 heavy (non-hydrogen) atoms. The minimum atomic E-state index is -0.0739. The van der Waals surface area contributed by atoms with Gasteiger partial charge in [0.2, 0.25) is 0 Å². The number of likely N-dealkylation sites (N-methyl/N-ethyl adjacent to an activating group) is 1. The molecule has 0 aliphatic carbocycles. The molecule has 0 saturated carbocycles. The number of anilines is 1. The van der Waals surface area contributed by atoms with Crippen molar-refractivity contribution in [2.24, 2.45) is 0 Å². The predicted octanol–water partition coefficient (Wildman–Crippen LogP) is 3.28. The van der Waals surface area contributed by atoms with Crippen LogP contribution in [0.5, 0.6) is 11.5 Å². The number of aromatic nitrogens is 1. The van der Waals surface area contributed by atoms with Crippen molar-refractivity contribution in [1.82, 2.24) is 4.98 Å². The van der Waals surface area contributed by atoms with E-state index >= 15 is 0 Å². The molecule has 6 nitrogen and oxygen atoms in total. The SMILES string of the molecule is CCCCOc1cccc(C(=O)N(CC[NH+](C)C)c2nc3c(OC)cccc3s2)c1. The number of fused-ring (bicyclic) bond motifs is 1. The molecule has 1 aromatic heterocycles. The average Bonchev–Trinajstić information content (AvgIpc) is 3.18. The van der Waals surface area contributed by atoms with E-state index in [-0.39, 0.29) is 5.91 Å². The summed E-state index contributed by atoms with van der Waals surface area (Å²) in [6.45, 7) is 4.16. The van der Waals surface area contributed by atoms with E-state index in [1.807, 2.05) is 42.5 Å². The van der Waals surface area contributed by atoms with Crippen molar-refractivity contribution in [1.29, 1.82) is 0 Å². The minimum Gasteiger partial charge on any atom is -0.494 e. The van der Waals surface area contributed by atoms with Crippen molar-refractivity contribution >= 4 is 32.6 Å². The zero-order valence-electron chi connectivity index (χ0n) is 18.1. The summed E-state index contributed by atoms with van der Waals surface area (Å²) in [6, 6.07) is 13.2. The number of benzene rings is 2. The number of rotatable bonds is 10. The molecule has 3 aromatic rings. The molecule has 1 N–H and O–H groups in total. The van der Waals surface area contributed by atoms with Crippen molar-refractivity contribution in [3.8, 4) is 11.5 Å². The van der Waals surface area contributed by atoms with E-state index in [4.69, 9.17) is 14.5 Å². The molecular formula is C23H30N3O3S+. The highest BCUT2D eigenvalue weighted by molar-refractivity contribution is 7.22. The lowest BCUT2D eigenvalue weighted by atomic mass is 10.2. The van der Waals surface area contributed by atoms with Crippen LogP contribution in [0.25, 0.3) is 10.2 Å². The predicted molar refractivity (Wildman–Crippen MR) is 122 cm³/mol. The molecule has 0 unspecified atom stereocenters. The van der Waals surface area contributed by atoms with Crippen LogP contribution < -0.4 is 19.3 Å². The topological polar surface area (TPSA) is 56.1 Å². The third-order valence-corrected chi connectivity index (χ3v) is 5.79. The van der Waals surface area contributed by atoms with Crippen LogP contribution in [0.2, 0.25) is 0 Å². The number of unbranched alkanes of at least 4 members (excludes halogenated alkanes) is 1. The highest BCUT2D eigenvalue weighted by Crippen LogP contribution is 2.34. The highest BCUT2D eigenvalue weighted by Gasteiger charge is 2.23. The first-order chi connectivity index (χ1) is 14.5. The Hall–Kier alpha value is -2.64. The van der Waals surface area contributed by atoms with Gasteiger partial charge in [0, 0.05) is 5.56 Å². The first-order valence-corrected chi connectivity index (χ1v) is 11.1. The van der Waals surface area contributed by atoms with Crippen LogP contribution in [0.15, 0.2) is 42.5 Å². The maximum atomic E-state index is 13.5. The Morgan fingerprint density at radius 2 is 2.00 bits per heavy atom. The van der Waals surface area contributed by atoms with Crippen molar-refractivity contribution in [3.63, 3.8) is 0 Å². The van der Waals surface area contributed by atoms with Gasteiger partial charge in [0.05, 0.1) is 45.6 Å². The molecule has 0 radical (unpaired) electrons. The second-order valence-corrected chi connectivity index (χ2v) is 8.46. The third kappa shape index (κ3) is 5.29. The maximum absolute atomic E-state index is 13.5. The molecule has 0 aliphatic rings. The lowest BCUT2D eigenvalue weighted by molar-refractivity contribution is -0.856. The second-order valence-electron chi connectivity index (χ2n) is 7.45. The zero-order chi connectivity index (χ0) is 21.5. The van der Waals surface area contributed by atoms with Crippen LogP contribution in [-0.2, 0) is 0 Å². The van der Waals surface area contributed by atoms with Gasteiger partial charge in [0.15, 0.2) is 5.13 Å². The molecular weight excluding hydrogens is 398 g/mol. The number of nitrogens with one attached hydrogen (secondary N) is 1. The molecule has 0 atom stereocenters. The van der Waals surface area contributed by atoms with Gasteiger partial charge in [-0.25, -0.2) is 4.98 Å². The first kappa shape index (κ1) is 22.1. The van der Waals surface area contributed by atoms with Gasteiger partial charge >= 0.3 is 0 Å². The Bertz CT molecular complexity index is 987. The number of para-hydroxylation sites is 1. The standard InChI is InChI=1S/C23H29N3O3S/c1-5-6-15-29-18-10-7-9-17(16-18)22(27)26(14-13-25(2)3)23-24-21-19(28-4)11-8-12-20(21)30-23/h7-12,16H,5-6,13-15H2,1-4H3/p+1. The number of amides is 1. The summed E-state index contributed by atoms with van der Waals surface area (Å²) in [5, 5.41) is 0.679. The van der Waals surface area contributed by atoms with Crippen LogP contribution in [0.1, 0.15) is 30.1 Å². The van der Waals surface area contributed by atoms with E-state index in [0.717, 1.165) is 35.4 Å². The second kappa shape index (κ2) is 10.4. The van der Waals surface area contributed by atoms with E-state index in [1.54, 1.807) is 12.0 Å². The van der Waals surface area contributed by atoms with Gasteiger partial charge in [-0.15, -0.1) is 0 Å². The summed E-state index contributed by atoms with van der Waals surface area (Å²) >= 11 is 1.50. The number of carbonyl (C=O) groups is 1. The molecule has 0 saturated heterocycles. The highest BCUT2D eigenvalue weighted by atomic mass is 32.1. The smallest absolute Gasteiger partial charge is 0.260 e. The Balaban J connectivity index is 1.92. The summed E-state index contributed by atoms with van der Waals surface area (Å²) in [7, 11) is 5.79.